The minimum absolute atomic E-state index is 0.0239. The van der Waals surface area contributed by atoms with Crippen LogP contribution in [-0.4, -0.2) is 60.1 Å². The average Bonchev–Trinajstić information content (AvgIpc) is 3.29. The van der Waals surface area contributed by atoms with Gasteiger partial charge in [0.1, 0.15) is 5.75 Å². The second-order valence-electron chi connectivity index (χ2n) is 7.79. The highest BCUT2D eigenvalue weighted by Crippen LogP contribution is 2.48. The van der Waals surface area contributed by atoms with Crippen molar-refractivity contribution >= 4 is 11.9 Å². The van der Waals surface area contributed by atoms with E-state index in [-0.39, 0.29) is 23.7 Å². The van der Waals surface area contributed by atoms with Gasteiger partial charge < -0.3 is 14.7 Å². The van der Waals surface area contributed by atoms with Crippen molar-refractivity contribution < 1.29 is 19.4 Å². The molecule has 1 amide bonds. The largest absolute Gasteiger partial charge is 0.497 e. The van der Waals surface area contributed by atoms with Crippen LogP contribution in [0.2, 0.25) is 0 Å². The maximum atomic E-state index is 13.0. The topological polar surface area (TPSA) is 70.1 Å². The van der Waals surface area contributed by atoms with Gasteiger partial charge in [-0.1, -0.05) is 24.3 Å². The van der Waals surface area contributed by atoms with Crippen molar-refractivity contribution in [3.63, 3.8) is 0 Å². The zero-order valence-corrected chi connectivity index (χ0v) is 15.6. The average molecular weight is 370 g/mol. The summed E-state index contributed by atoms with van der Waals surface area (Å²) >= 11 is 0. The number of methoxy groups -OCH3 is 1. The molecular weight excluding hydrogens is 344 g/mol. The molecule has 1 aliphatic heterocycles. The summed E-state index contributed by atoms with van der Waals surface area (Å²) < 4.78 is 5.28. The maximum Gasteiger partial charge on any atom is 0.307 e. The lowest BCUT2D eigenvalue weighted by atomic mass is 9.82. The summed E-state index contributed by atoms with van der Waals surface area (Å²) in [5.41, 5.74) is 1.19. The molecule has 2 bridgehead atoms. The Labute approximate surface area is 159 Å². The van der Waals surface area contributed by atoms with Crippen molar-refractivity contribution in [2.24, 2.45) is 23.7 Å². The fraction of sp³-hybridized carbons (Fsp3) is 0.524. The molecule has 3 aliphatic rings. The lowest BCUT2D eigenvalue weighted by Crippen LogP contribution is -2.52. The van der Waals surface area contributed by atoms with Crippen molar-refractivity contribution in [2.75, 3.05) is 33.3 Å². The molecule has 4 rings (SSSR count). The number of carboxylic acid groups (broad SMARTS) is 1. The number of rotatable bonds is 5. The first-order valence-corrected chi connectivity index (χ1v) is 9.62. The van der Waals surface area contributed by atoms with Crippen molar-refractivity contribution in [1.29, 1.82) is 0 Å². The lowest BCUT2D eigenvalue weighted by Gasteiger charge is -2.37. The number of amides is 1. The van der Waals surface area contributed by atoms with Gasteiger partial charge in [0.25, 0.3) is 0 Å². The molecule has 27 heavy (non-hydrogen) atoms. The van der Waals surface area contributed by atoms with E-state index in [1.165, 1.54) is 5.56 Å². The van der Waals surface area contributed by atoms with E-state index in [1.807, 2.05) is 35.3 Å². The van der Waals surface area contributed by atoms with Gasteiger partial charge in [-0.05, 0) is 36.0 Å². The number of hydrogen-bond donors (Lipinski definition) is 1. The molecule has 2 fully saturated rings. The summed E-state index contributed by atoms with van der Waals surface area (Å²) in [4.78, 5) is 28.9. The van der Waals surface area contributed by atoms with E-state index < -0.39 is 11.9 Å². The third-order valence-corrected chi connectivity index (χ3v) is 6.25. The quantitative estimate of drug-likeness (QED) is 0.802. The molecule has 2 aliphatic carbocycles. The normalized spacial score (nSPS) is 29.9. The van der Waals surface area contributed by atoms with Gasteiger partial charge in [-0.25, -0.2) is 0 Å². The molecule has 0 aromatic heterocycles. The Morgan fingerprint density at radius 1 is 1.11 bits per heavy atom. The van der Waals surface area contributed by atoms with Crippen LogP contribution in [0.5, 0.6) is 5.75 Å². The minimum Gasteiger partial charge on any atom is -0.497 e. The number of carbonyl (C=O) groups is 2. The van der Waals surface area contributed by atoms with Gasteiger partial charge in [-0.2, -0.15) is 0 Å². The molecule has 6 nitrogen and oxygen atoms in total. The second kappa shape index (κ2) is 7.35. The molecule has 0 unspecified atom stereocenters. The van der Waals surface area contributed by atoms with Gasteiger partial charge in [0.15, 0.2) is 0 Å². The standard InChI is InChI=1S/C21H26N2O4/c1-27-17-4-2-3-14(11-17)13-22-7-9-23(10-8-22)20(24)18-15-5-6-16(12-15)19(18)21(25)26/h2-6,11,15-16,18-19H,7-10,12-13H2,1H3,(H,25,26)/t15-,16-,18-,19-/m0/s1. The highest BCUT2D eigenvalue weighted by atomic mass is 16.5. The number of allylic oxidation sites excluding steroid dienone is 2. The highest BCUT2D eigenvalue weighted by molar-refractivity contribution is 5.87. The predicted octanol–water partition coefficient (Wildman–Crippen LogP) is 1.86. The number of benzene rings is 1. The molecule has 0 spiro atoms. The molecule has 6 heteroatoms. The van der Waals surface area contributed by atoms with E-state index in [9.17, 15) is 14.7 Å². The van der Waals surface area contributed by atoms with Crippen LogP contribution in [0.1, 0.15) is 12.0 Å². The van der Waals surface area contributed by atoms with Crippen LogP contribution >= 0.6 is 0 Å². The highest BCUT2D eigenvalue weighted by Gasteiger charge is 2.52. The summed E-state index contributed by atoms with van der Waals surface area (Å²) in [6, 6.07) is 8.04. The Morgan fingerprint density at radius 2 is 1.81 bits per heavy atom. The number of carbonyl (C=O) groups excluding carboxylic acids is 1. The minimum atomic E-state index is -0.832. The third kappa shape index (κ3) is 3.46. The van der Waals surface area contributed by atoms with Gasteiger partial charge in [0.05, 0.1) is 18.9 Å². The Balaban J connectivity index is 1.35. The van der Waals surface area contributed by atoms with Crippen LogP contribution < -0.4 is 4.74 Å². The van der Waals surface area contributed by atoms with Crippen LogP contribution in [0.3, 0.4) is 0 Å². The zero-order chi connectivity index (χ0) is 19.0. The molecule has 0 radical (unpaired) electrons. The van der Waals surface area contributed by atoms with E-state index >= 15 is 0 Å². The SMILES string of the molecule is COc1cccc(CN2CCN(C(=O)[C@@H]3[C@@H](C(=O)O)[C@H]4C=C[C@H]3C4)CC2)c1. The van der Waals surface area contributed by atoms with Crippen LogP contribution in [0.15, 0.2) is 36.4 Å². The van der Waals surface area contributed by atoms with Gasteiger partial charge in [0, 0.05) is 32.7 Å². The molecule has 1 N–H and O–H groups in total. The molecule has 144 valence electrons. The summed E-state index contributed by atoms with van der Waals surface area (Å²) in [5.74, 6) is -0.772. The maximum absolute atomic E-state index is 13.0. The number of ether oxygens (including phenoxy) is 1. The van der Waals surface area contributed by atoms with Gasteiger partial charge in [-0.3, -0.25) is 14.5 Å². The Hall–Kier alpha value is -2.34. The van der Waals surface area contributed by atoms with Gasteiger partial charge in [-0.15, -0.1) is 0 Å². The first-order valence-electron chi connectivity index (χ1n) is 9.62. The summed E-state index contributed by atoms with van der Waals surface area (Å²) in [7, 11) is 1.67. The third-order valence-electron chi connectivity index (χ3n) is 6.25. The first-order chi connectivity index (χ1) is 13.1. The van der Waals surface area contributed by atoms with Crippen LogP contribution in [-0.2, 0) is 16.1 Å². The fourth-order valence-electron chi connectivity index (χ4n) is 4.86. The molecular formula is C21H26N2O4. The van der Waals surface area contributed by atoms with Crippen molar-refractivity contribution in [3.8, 4) is 5.75 Å². The summed E-state index contributed by atoms with van der Waals surface area (Å²) in [6.45, 7) is 3.75. The molecule has 1 saturated heterocycles. The molecule has 4 atom stereocenters. The lowest BCUT2D eigenvalue weighted by molar-refractivity contribution is -0.151. The summed E-state index contributed by atoms with van der Waals surface area (Å²) in [5, 5.41) is 9.58. The Bertz CT molecular complexity index is 754. The van der Waals surface area contributed by atoms with Crippen LogP contribution in [0.4, 0.5) is 0 Å². The van der Waals surface area contributed by atoms with Crippen molar-refractivity contribution in [1.82, 2.24) is 9.80 Å². The number of fused-ring (bicyclic) bond motifs is 2. The summed E-state index contributed by atoms with van der Waals surface area (Å²) in [6.07, 6.45) is 4.84. The van der Waals surface area contributed by atoms with Crippen LogP contribution in [0.25, 0.3) is 0 Å². The van der Waals surface area contributed by atoms with E-state index in [0.29, 0.717) is 13.1 Å². The monoisotopic (exact) mass is 370 g/mol. The first kappa shape index (κ1) is 18.0. The Kier molecular flexibility index (Phi) is 4.91. The zero-order valence-electron chi connectivity index (χ0n) is 15.6. The molecule has 1 aromatic rings. The molecule has 1 heterocycles. The number of carboxylic acids is 1. The number of nitrogens with zero attached hydrogens (tertiary/aromatic N) is 2. The van der Waals surface area contributed by atoms with E-state index in [4.69, 9.17) is 4.74 Å². The van der Waals surface area contributed by atoms with E-state index in [0.717, 1.165) is 31.8 Å². The van der Waals surface area contributed by atoms with Crippen molar-refractivity contribution in [3.05, 3.63) is 42.0 Å². The van der Waals surface area contributed by atoms with Gasteiger partial charge in [0.2, 0.25) is 5.91 Å². The molecule has 1 aromatic carbocycles. The fourth-order valence-corrected chi connectivity index (χ4v) is 4.86. The van der Waals surface area contributed by atoms with E-state index in [1.54, 1.807) is 7.11 Å². The second-order valence-corrected chi connectivity index (χ2v) is 7.79. The van der Waals surface area contributed by atoms with Crippen molar-refractivity contribution in [2.45, 2.75) is 13.0 Å². The Morgan fingerprint density at radius 3 is 2.48 bits per heavy atom. The number of hydrogen-bond acceptors (Lipinski definition) is 4. The number of piperazine rings is 1. The predicted molar refractivity (Wildman–Crippen MR) is 100 cm³/mol. The van der Waals surface area contributed by atoms with E-state index in [2.05, 4.69) is 11.0 Å². The number of aliphatic carboxylic acids is 1. The van der Waals surface area contributed by atoms with Gasteiger partial charge >= 0.3 is 5.97 Å². The molecule has 1 saturated carbocycles. The van der Waals surface area contributed by atoms with Crippen LogP contribution in [0, 0.1) is 23.7 Å². The smallest absolute Gasteiger partial charge is 0.307 e.